The predicted molar refractivity (Wildman–Crippen MR) is 65.2 cm³/mol. The molecule has 1 atom stereocenters. The Balaban J connectivity index is 2.08. The minimum Gasteiger partial charge on any atom is -0.465 e. The van der Waals surface area contributed by atoms with E-state index in [1.165, 1.54) is 25.3 Å². The highest BCUT2D eigenvalue weighted by Crippen LogP contribution is 2.20. The average molecular weight is 253 g/mol. The lowest BCUT2D eigenvalue weighted by atomic mass is 10.1. The molecule has 4 nitrogen and oxygen atoms in total. The predicted octanol–water partition coefficient (Wildman–Crippen LogP) is 2.06. The molecule has 1 N–H and O–H groups in total. The van der Waals surface area contributed by atoms with Crippen LogP contribution in [0.15, 0.2) is 18.2 Å². The summed E-state index contributed by atoms with van der Waals surface area (Å²) in [6, 6.07) is 3.98. The van der Waals surface area contributed by atoms with Crippen LogP contribution in [0.1, 0.15) is 16.8 Å². The van der Waals surface area contributed by atoms with Crippen molar-refractivity contribution in [3.63, 3.8) is 0 Å². The molecule has 0 bridgehead atoms. The van der Waals surface area contributed by atoms with Crippen molar-refractivity contribution in [2.24, 2.45) is 5.92 Å². The van der Waals surface area contributed by atoms with E-state index in [0.717, 1.165) is 13.0 Å². The van der Waals surface area contributed by atoms with Crippen LogP contribution in [-0.2, 0) is 9.47 Å². The number of rotatable bonds is 4. The summed E-state index contributed by atoms with van der Waals surface area (Å²) in [6.07, 6.45) is 0.982. The number of ether oxygens (including phenoxy) is 2. The van der Waals surface area contributed by atoms with Gasteiger partial charge in [-0.3, -0.25) is 0 Å². The van der Waals surface area contributed by atoms with E-state index in [9.17, 15) is 9.18 Å². The smallest absolute Gasteiger partial charge is 0.339 e. The van der Waals surface area contributed by atoms with E-state index < -0.39 is 5.97 Å². The first-order valence-electron chi connectivity index (χ1n) is 5.90. The summed E-state index contributed by atoms with van der Waals surface area (Å²) >= 11 is 0. The summed E-state index contributed by atoms with van der Waals surface area (Å²) in [4.78, 5) is 11.5. The molecule has 5 heteroatoms. The highest BCUT2D eigenvalue weighted by molar-refractivity contribution is 5.95. The van der Waals surface area contributed by atoms with E-state index in [1.807, 2.05) is 0 Å². The zero-order valence-corrected chi connectivity index (χ0v) is 10.2. The van der Waals surface area contributed by atoms with Crippen molar-refractivity contribution >= 4 is 11.7 Å². The molecule has 0 saturated carbocycles. The Morgan fingerprint density at radius 1 is 1.61 bits per heavy atom. The molecule has 1 aliphatic rings. The van der Waals surface area contributed by atoms with Crippen LogP contribution in [0.2, 0.25) is 0 Å². The van der Waals surface area contributed by atoms with Crippen LogP contribution in [-0.4, -0.2) is 32.8 Å². The third-order valence-electron chi connectivity index (χ3n) is 2.99. The quantitative estimate of drug-likeness (QED) is 0.834. The lowest BCUT2D eigenvalue weighted by Gasteiger charge is -2.13. The lowest BCUT2D eigenvalue weighted by molar-refractivity contribution is 0.0602. The molecule has 2 rings (SSSR count). The molecule has 0 amide bonds. The maximum Gasteiger partial charge on any atom is 0.339 e. The molecule has 1 aromatic carbocycles. The number of esters is 1. The van der Waals surface area contributed by atoms with Crippen molar-refractivity contribution in [3.05, 3.63) is 29.6 Å². The summed E-state index contributed by atoms with van der Waals surface area (Å²) in [5, 5.41) is 3.09. The molecule has 0 aliphatic carbocycles. The molecule has 1 unspecified atom stereocenters. The minimum atomic E-state index is -0.472. The zero-order valence-electron chi connectivity index (χ0n) is 10.2. The van der Waals surface area contributed by atoms with Crippen molar-refractivity contribution in [2.75, 3.05) is 32.2 Å². The molecule has 1 aromatic rings. The SMILES string of the molecule is COC(=O)c1ccc(F)cc1NCC1CCOC1. The van der Waals surface area contributed by atoms with Crippen molar-refractivity contribution in [1.82, 2.24) is 0 Å². The van der Waals surface area contributed by atoms with Gasteiger partial charge in [0, 0.05) is 19.1 Å². The van der Waals surface area contributed by atoms with Crippen LogP contribution < -0.4 is 5.32 Å². The molecule has 0 aromatic heterocycles. The van der Waals surface area contributed by atoms with Crippen molar-refractivity contribution in [3.8, 4) is 0 Å². The largest absolute Gasteiger partial charge is 0.465 e. The first kappa shape index (κ1) is 12.8. The first-order valence-corrected chi connectivity index (χ1v) is 5.90. The fourth-order valence-electron chi connectivity index (χ4n) is 1.95. The third kappa shape index (κ3) is 2.98. The normalized spacial score (nSPS) is 18.7. The van der Waals surface area contributed by atoms with Gasteiger partial charge in [-0.15, -0.1) is 0 Å². The van der Waals surface area contributed by atoms with Gasteiger partial charge in [-0.2, -0.15) is 0 Å². The van der Waals surface area contributed by atoms with E-state index in [4.69, 9.17) is 4.74 Å². The topological polar surface area (TPSA) is 47.6 Å². The molecule has 0 spiro atoms. The maximum atomic E-state index is 13.2. The summed E-state index contributed by atoms with van der Waals surface area (Å²) in [5.41, 5.74) is 0.812. The Morgan fingerprint density at radius 3 is 3.11 bits per heavy atom. The third-order valence-corrected chi connectivity index (χ3v) is 2.99. The van der Waals surface area contributed by atoms with Gasteiger partial charge in [0.1, 0.15) is 5.82 Å². The second-order valence-corrected chi connectivity index (χ2v) is 4.29. The monoisotopic (exact) mass is 253 g/mol. The van der Waals surface area contributed by atoms with Gasteiger partial charge in [-0.05, 0) is 24.6 Å². The molecule has 18 heavy (non-hydrogen) atoms. The van der Waals surface area contributed by atoms with Crippen LogP contribution in [0.25, 0.3) is 0 Å². The van der Waals surface area contributed by atoms with Crippen LogP contribution in [0.3, 0.4) is 0 Å². The number of carbonyl (C=O) groups excluding carboxylic acids is 1. The number of carbonyl (C=O) groups is 1. The minimum absolute atomic E-state index is 0.345. The van der Waals surface area contributed by atoms with Gasteiger partial charge in [-0.1, -0.05) is 0 Å². The van der Waals surface area contributed by atoms with Gasteiger partial charge >= 0.3 is 5.97 Å². The van der Waals surface area contributed by atoms with E-state index in [-0.39, 0.29) is 5.82 Å². The van der Waals surface area contributed by atoms with Crippen LogP contribution in [0.5, 0.6) is 0 Å². The second kappa shape index (κ2) is 5.82. The Labute approximate surface area is 105 Å². The Bertz CT molecular complexity index is 430. The molecule has 1 saturated heterocycles. The number of methoxy groups -OCH3 is 1. The summed E-state index contributed by atoms with van der Waals surface area (Å²) in [5.74, 6) is -0.452. The van der Waals surface area contributed by atoms with Gasteiger partial charge in [0.2, 0.25) is 0 Å². The Kier molecular flexibility index (Phi) is 4.15. The molecular weight excluding hydrogens is 237 g/mol. The number of nitrogens with one attached hydrogen (secondary N) is 1. The van der Waals surface area contributed by atoms with Crippen LogP contribution in [0.4, 0.5) is 10.1 Å². The van der Waals surface area contributed by atoms with Gasteiger partial charge in [0.15, 0.2) is 0 Å². The summed E-state index contributed by atoms with van der Waals surface area (Å²) in [7, 11) is 1.31. The fourth-order valence-corrected chi connectivity index (χ4v) is 1.95. The Morgan fingerprint density at radius 2 is 2.44 bits per heavy atom. The number of benzene rings is 1. The van der Waals surface area contributed by atoms with Gasteiger partial charge < -0.3 is 14.8 Å². The Hall–Kier alpha value is -1.62. The van der Waals surface area contributed by atoms with Gasteiger partial charge in [0.25, 0.3) is 0 Å². The number of hydrogen-bond acceptors (Lipinski definition) is 4. The van der Waals surface area contributed by atoms with Crippen LogP contribution in [0, 0.1) is 11.7 Å². The van der Waals surface area contributed by atoms with Gasteiger partial charge in [-0.25, -0.2) is 9.18 Å². The lowest BCUT2D eigenvalue weighted by Crippen LogP contribution is -2.16. The van der Waals surface area contributed by atoms with Crippen molar-refractivity contribution in [1.29, 1.82) is 0 Å². The maximum absolute atomic E-state index is 13.2. The highest BCUT2D eigenvalue weighted by Gasteiger charge is 2.17. The fraction of sp³-hybridized carbons (Fsp3) is 0.462. The number of halogens is 1. The molecule has 0 radical (unpaired) electrons. The summed E-state index contributed by atoms with van der Waals surface area (Å²) < 4.78 is 23.1. The number of anilines is 1. The molecule has 98 valence electrons. The van der Waals surface area contributed by atoms with E-state index in [0.29, 0.717) is 30.3 Å². The average Bonchev–Trinajstić information content (AvgIpc) is 2.88. The molecule has 1 heterocycles. The van der Waals surface area contributed by atoms with E-state index >= 15 is 0 Å². The summed E-state index contributed by atoms with van der Waals surface area (Å²) in [6.45, 7) is 2.13. The van der Waals surface area contributed by atoms with Crippen molar-refractivity contribution in [2.45, 2.75) is 6.42 Å². The van der Waals surface area contributed by atoms with E-state index in [1.54, 1.807) is 0 Å². The van der Waals surface area contributed by atoms with Crippen LogP contribution >= 0.6 is 0 Å². The molecular formula is C13H16FNO3. The zero-order chi connectivity index (χ0) is 13.0. The highest BCUT2D eigenvalue weighted by atomic mass is 19.1. The standard InChI is InChI=1S/C13H16FNO3/c1-17-13(16)11-3-2-10(14)6-12(11)15-7-9-4-5-18-8-9/h2-3,6,9,15H,4-5,7-8H2,1H3. The van der Waals surface area contributed by atoms with E-state index in [2.05, 4.69) is 10.1 Å². The second-order valence-electron chi connectivity index (χ2n) is 4.29. The molecule has 1 aliphatic heterocycles. The first-order chi connectivity index (χ1) is 8.70. The number of hydrogen-bond donors (Lipinski definition) is 1. The van der Waals surface area contributed by atoms with Crippen molar-refractivity contribution < 1.29 is 18.7 Å². The van der Waals surface area contributed by atoms with Gasteiger partial charge in [0.05, 0.1) is 25.0 Å². The molecule has 1 fully saturated rings.